The SMILES string of the molecule is Cc1oncc1CN1CCCCC1CCO. The molecule has 4 heteroatoms. The number of nitrogens with zero attached hydrogens (tertiary/aromatic N) is 2. The van der Waals surface area contributed by atoms with Crippen molar-refractivity contribution in [3.8, 4) is 0 Å². The molecule has 16 heavy (non-hydrogen) atoms. The minimum atomic E-state index is 0.282. The van der Waals surface area contributed by atoms with E-state index in [0.29, 0.717) is 6.04 Å². The summed E-state index contributed by atoms with van der Waals surface area (Å²) in [5.74, 6) is 0.910. The Morgan fingerprint density at radius 3 is 3.12 bits per heavy atom. The lowest BCUT2D eigenvalue weighted by molar-refractivity contribution is 0.112. The second-order valence-electron chi connectivity index (χ2n) is 4.54. The van der Waals surface area contributed by atoms with Crippen molar-refractivity contribution < 1.29 is 9.63 Å². The summed E-state index contributed by atoms with van der Waals surface area (Å²) in [5.41, 5.74) is 1.17. The maximum Gasteiger partial charge on any atom is 0.138 e. The average Bonchev–Trinajstić information content (AvgIpc) is 2.68. The van der Waals surface area contributed by atoms with Gasteiger partial charge in [0.2, 0.25) is 0 Å². The van der Waals surface area contributed by atoms with Gasteiger partial charge in [-0.25, -0.2) is 0 Å². The zero-order valence-corrected chi connectivity index (χ0v) is 9.85. The van der Waals surface area contributed by atoms with Gasteiger partial charge in [-0.15, -0.1) is 0 Å². The molecular weight excluding hydrogens is 204 g/mol. The van der Waals surface area contributed by atoms with Gasteiger partial charge in [-0.3, -0.25) is 4.90 Å². The Kier molecular flexibility index (Phi) is 3.96. The predicted molar refractivity (Wildman–Crippen MR) is 61.0 cm³/mol. The van der Waals surface area contributed by atoms with Crippen LogP contribution in [0.1, 0.15) is 37.0 Å². The second-order valence-corrected chi connectivity index (χ2v) is 4.54. The average molecular weight is 224 g/mol. The fourth-order valence-corrected chi connectivity index (χ4v) is 2.43. The monoisotopic (exact) mass is 224 g/mol. The van der Waals surface area contributed by atoms with Gasteiger partial charge in [0.1, 0.15) is 5.76 Å². The summed E-state index contributed by atoms with van der Waals surface area (Å²) in [6, 6.07) is 0.521. The van der Waals surface area contributed by atoms with E-state index < -0.39 is 0 Å². The molecule has 0 amide bonds. The molecule has 2 heterocycles. The number of likely N-dealkylation sites (tertiary alicyclic amines) is 1. The van der Waals surface area contributed by atoms with Gasteiger partial charge in [0.05, 0.1) is 6.20 Å². The van der Waals surface area contributed by atoms with Crippen LogP contribution in [0.2, 0.25) is 0 Å². The molecule has 1 aromatic rings. The maximum absolute atomic E-state index is 9.06. The van der Waals surface area contributed by atoms with Crippen molar-refractivity contribution in [2.24, 2.45) is 0 Å². The van der Waals surface area contributed by atoms with Crippen LogP contribution in [0, 0.1) is 6.92 Å². The van der Waals surface area contributed by atoms with Crippen LogP contribution in [0.3, 0.4) is 0 Å². The number of aliphatic hydroxyl groups excluding tert-OH is 1. The van der Waals surface area contributed by atoms with Gasteiger partial charge in [-0.1, -0.05) is 11.6 Å². The summed E-state index contributed by atoms with van der Waals surface area (Å²) in [6.07, 6.45) is 6.42. The van der Waals surface area contributed by atoms with Crippen molar-refractivity contribution in [2.45, 2.75) is 45.2 Å². The van der Waals surface area contributed by atoms with Gasteiger partial charge in [0, 0.05) is 24.8 Å². The lowest BCUT2D eigenvalue weighted by atomic mass is 9.99. The van der Waals surface area contributed by atoms with E-state index in [-0.39, 0.29) is 6.61 Å². The lowest BCUT2D eigenvalue weighted by Crippen LogP contribution is -2.39. The van der Waals surface area contributed by atoms with E-state index >= 15 is 0 Å². The summed E-state index contributed by atoms with van der Waals surface area (Å²) >= 11 is 0. The summed E-state index contributed by atoms with van der Waals surface area (Å²) < 4.78 is 5.08. The van der Waals surface area contributed by atoms with Crippen LogP contribution in [0.4, 0.5) is 0 Å². The first-order valence-corrected chi connectivity index (χ1v) is 6.06. The molecule has 1 saturated heterocycles. The highest BCUT2D eigenvalue weighted by Gasteiger charge is 2.22. The third kappa shape index (κ3) is 2.62. The first-order chi connectivity index (χ1) is 7.81. The van der Waals surface area contributed by atoms with Crippen molar-refractivity contribution in [3.05, 3.63) is 17.5 Å². The Hall–Kier alpha value is -0.870. The van der Waals surface area contributed by atoms with Crippen LogP contribution in [-0.2, 0) is 6.54 Å². The minimum Gasteiger partial charge on any atom is -0.396 e. The van der Waals surface area contributed by atoms with Crippen LogP contribution in [-0.4, -0.2) is 34.4 Å². The number of piperidine rings is 1. The smallest absolute Gasteiger partial charge is 0.138 e. The standard InChI is InChI=1S/C12H20N2O2/c1-10-11(8-13-16-10)9-14-6-3-2-4-12(14)5-7-15/h8,12,15H,2-7,9H2,1H3. The number of aliphatic hydroxyl groups is 1. The molecule has 1 N–H and O–H groups in total. The summed E-state index contributed by atoms with van der Waals surface area (Å²) in [6.45, 7) is 4.26. The molecule has 2 rings (SSSR count). The predicted octanol–water partition coefficient (Wildman–Crippen LogP) is 1.72. The Morgan fingerprint density at radius 2 is 2.44 bits per heavy atom. The highest BCUT2D eigenvalue weighted by molar-refractivity contribution is 5.11. The number of aryl methyl sites for hydroxylation is 1. The molecule has 1 atom stereocenters. The van der Waals surface area contributed by atoms with Crippen molar-refractivity contribution >= 4 is 0 Å². The first kappa shape index (κ1) is 11.6. The van der Waals surface area contributed by atoms with Crippen molar-refractivity contribution in [1.82, 2.24) is 10.1 Å². The Labute approximate surface area is 96.2 Å². The number of hydrogen-bond acceptors (Lipinski definition) is 4. The van der Waals surface area contributed by atoms with Crippen molar-refractivity contribution in [1.29, 1.82) is 0 Å². The van der Waals surface area contributed by atoms with E-state index in [0.717, 1.165) is 25.3 Å². The van der Waals surface area contributed by atoms with E-state index in [4.69, 9.17) is 9.63 Å². The first-order valence-electron chi connectivity index (χ1n) is 6.06. The highest BCUT2D eigenvalue weighted by Crippen LogP contribution is 2.22. The third-order valence-corrected chi connectivity index (χ3v) is 3.44. The molecule has 90 valence electrons. The van der Waals surface area contributed by atoms with E-state index in [9.17, 15) is 0 Å². The van der Waals surface area contributed by atoms with Crippen molar-refractivity contribution in [2.75, 3.05) is 13.2 Å². The van der Waals surface area contributed by atoms with Crippen molar-refractivity contribution in [3.63, 3.8) is 0 Å². The van der Waals surface area contributed by atoms with E-state index in [1.165, 1.54) is 24.8 Å². The topological polar surface area (TPSA) is 49.5 Å². The Balaban J connectivity index is 1.98. The second kappa shape index (κ2) is 5.46. The molecule has 0 saturated carbocycles. The molecular formula is C12H20N2O2. The minimum absolute atomic E-state index is 0.282. The summed E-state index contributed by atoms with van der Waals surface area (Å²) in [5, 5.41) is 12.9. The van der Waals surface area contributed by atoms with Gasteiger partial charge in [0.15, 0.2) is 0 Å². The van der Waals surface area contributed by atoms with Gasteiger partial charge in [-0.2, -0.15) is 0 Å². The Morgan fingerprint density at radius 1 is 1.56 bits per heavy atom. The number of aromatic nitrogens is 1. The van der Waals surface area contributed by atoms with Crippen LogP contribution < -0.4 is 0 Å². The van der Waals surface area contributed by atoms with Gasteiger partial charge in [0.25, 0.3) is 0 Å². The van der Waals surface area contributed by atoms with Crippen LogP contribution in [0.15, 0.2) is 10.7 Å². The zero-order valence-electron chi connectivity index (χ0n) is 9.85. The lowest BCUT2D eigenvalue weighted by Gasteiger charge is -2.35. The molecule has 0 aliphatic carbocycles. The van der Waals surface area contributed by atoms with E-state index in [1.807, 2.05) is 6.92 Å². The summed E-state index contributed by atoms with van der Waals surface area (Å²) in [4.78, 5) is 2.44. The molecule has 1 aliphatic rings. The largest absolute Gasteiger partial charge is 0.396 e. The number of hydrogen-bond donors (Lipinski definition) is 1. The molecule has 0 spiro atoms. The summed E-state index contributed by atoms with van der Waals surface area (Å²) in [7, 11) is 0. The highest BCUT2D eigenvalue weighted by atomic mass is 16.5. The van der Waals surface area contributed by atoms with E-state index in [2.05, 4.69) is 10.1 Å². The molecule has 1 unspecified atom stereocenters. The fourth-order valence-electron chi connectivity index (χ4n) is 2.43. The zero-order chi connectivity index (χ0) is 11.4. The molecule has 0 radical (unpaired) electrons. The van der Waals surface area contributed by atoms with Gasteiger partial charge >= 0.3 is 0 Å². The van der Waals surface area contributed by atoms with Gasteiger partial charge in [-0.05, 0) is 32.7 Å². The van der Waals surface area contributed by atoms with Crippen LogP contribution >= 0.6 is 0 Å². The van der Waals surface area contributed by atoms with E-state index in [1.54, 1.807) is 6.20 Å². The fraction of sp³-hybridized carbons (Fsp3) is 0.750. The molecule has 1 fully saturated rings. The molecule has 0 aromatic carbocycles. The Bertz CT molecular complexity index is 323. The quantitative estimate of drug-likeness (QED) is 0.846. The molecule has 1 aliphatic heterocycles. The van der Waals surface area contributed by atoms with Crippen LogP contribution in [0.5, 0.6) is 0 Å². The maximum atomic E-state index is 9.06. The third-order valence-electron chi connectivity index (χ3n) is 3.44. The number of rotatable bonds is 4. The molecule has 0 bridgehead atoms. The normalized spacial score (nSPS) is 22.5. The molecule has 1 aromatic heterocycles. The van der Waals surface area contributed by atoms with Gasteiger partial charge < -0.3 is 9.63 Å². The van der Waals surface area contributed by atoms with Crippen LogP contribution in [0.25, 0.3) is 0 Å². The molecule has 4 nitrogen and oxygen atoms in total.